The van der Waals surface area contributed by atoms with Crippen molar-refractivity contribution in [2.75, 3.05) is 0 Å². The number of alkyl halides is 1. The van der Waals surface area contributed by atoms with E-state index < -0.39 is 11.7 Å². The smallest absolute Gasteiger partial charge is 0.415 e. The molecule has 0 saturated carbocycles. The van der Waals surface area contributed by atoms with E-state index in [-0.39, 0.29) is 0 Å². The first-order valence-corrected chi connectivity index (χ1v) is 4.56. The maximum absolute atomic E-state index is 10.8. The van der Waals surface area contributed by atoms with Crippen LogP contribution in [0.25, 0.3) is 0 Å². The summed E-state index contributed by atoms with van der Waals surface area (Å²) in [6.45, 7) is 1.54. The molecule has 0 aromatic carbocycles. The molecule has 1 atom stereocenters. The van der Waals surface area contributed by atoms with Gasteiger partial charge in [0.25, 0.3) is 0 Å². The third-order valence-corrected chi connectivity index (χ3v) is 1.77. The lowest BCUT2D eigenvalue weighted by Gasteiger charge is -2.04. The summed E-state index contributed by atoms with van der Waals surface area (Å²) in [5.74, 6) is 0. The number of hydrogen-bond donors (Lipinski definition) is 0. The fourth-order valence-corrected chi connectivity index (χ4v) is 1.20. The molecule has 0 aliphatic carbocycles. The fraction of sp³-hybridized carbons (Fsp3) is 0.286. The zero-order chi connectivity index (χ0) is 8.97. The molecule has 0 aliphatic rings. The maximum atomic E-state index is 10.8. The number of halogens is 1. The highest BCUT2D eigenvalue weighted by Gasteiger charge is 2.09. The van der Waals surface area contributed by atoms with Crippen molar-refractivity contribution >= 4 is 29.1 Å². The lowest BCUT2D eigenvalue weighted by Crippen LogP contribution is -2.13. The van der Waals surface area contributed by atoms with E-state index in [2.05, 4.69) is 4.74 Å². The van der Waals surface area contributed by atoms with Crippen LogP contribution in [0.5, 0.6) is 5.06 Å². The molecule has 0 aliphatic heterocycles. The van der Waals surface area contributed by atoms with Gasteiger partial charge in [0, 0.05) is 0 Å². The molecule has 5 heteroatoms. The molecule has 1 unspecified atom stereocenters. The van der Waals surface area contributed by atoms with Gasteiger partial charge >= 0.3 is 6.16 Å². The molecule has 0 amide bonds. The van der Waals surface area contributed by atoms with Crippen LogP contribution in [0.2, 0.25) is 0 Å². The lowest BCUT2D eigenvalue weighted by molar-refractivity contribution is 0.0936. The van der Waals surface area contributed by atoms with Crippen molar-refractivity contribution in [3.63, 3.8) is 0 Å². The first-order valence-electron chi connectivity index (χ1n) is 3.24. The molecule has 0 fully saturated rings. The summed E-state index contributed by atoms with van der Waals surface area (Å²) in [6, 6.07) is 3.45. The predicted molar refractivity (Wildman–Crippen MR) is 46.7 cm³/mol. The Balaban J connectivity index is 2.37. The molecule has 1 aromatic heterocycles. The minimum absolute atomic E-state index is 0.498. The van der Waals surface area contributed by atoms with Crippen LogP contribution < -0.4 is 4.74 Å². The van der Waals surface area contributed by atoms with Crippen LogP contribution in [0, 0.1) is 0 Å². The Morgan fingerprint density at radius 2 is 2.50 bits per heavy atom. The van der Waals surface area contributed by atoms with Gasteiger partial charge in [-0.3, -0.25) is 0 Å². The zero-order valence-corrected chi connectivity index (χ0v) is 7.89. The molecular weight excluding hydrogens is 200 g/mol. The van der Waals surface area contributed by atoms with Gasteiger partial charge in [0.1, 0.15) is 0 Å². The van der Waals surface area contributed by atoms with Crippen LogP contribution in [-0.2, 0) is 4.74 Å². The van der Waals surface area contributed by atoms with Crippen LogP contribution in [-0.4, -0.2) is 11.7 Å². The summed E-state index contributed by atoms with van der Waals surface area (Å²) in [5, 5.41) is 2.30. The maximum Gasteiger partial charge on any atom is 0.516 e. The SMILES string of the molecule is CC(Cl)OC(=O)Oc1cccs1. The summed E-state index contributed by atoms with van der Waals surface area (Å²) < 4.78 is 9.27. The zero-order valence-electron chi connectivity index (χ0n) is 6.32. The number of thiophene rings is 1. The normalized spacial score (nSPS) is 12.2. The highest BCUT2D eigenvalue weighted by molar-refractivity contribution is 7.11. The van der Waals surface area contributed by atoms with Crippen LogP contribution in [0.1, 0.15) is 6.92 Å². The van der Waals surface area contributed by atoms with Gasteiger partial charge in [0.15, 0.2) is 10.6 Å². The average Bonchev–Trinajstić information content (AvgIpc) is 2.37. The van der Waals surface area contributed by atoms with Crippen LogP contribution >= 0.6 is 22.9 Å². The van der Waals surface area contributed by atoms with Crippen molar-refractivity contribution in [2.24, 2.45) is 0 Å². The van der Waals surface area contributed by atoms with Crippen molar-refractivity contribution in [1.29, 1.82) is 0 Å². The Kier molecular flexibility index (Phi) is 3.37. The highest BCUT2D eigenvalue weighted by atomic mass is 35.5. The average molecular weight is 207 g/mol. The minimum atomic E-state index is -0.778. The van der Waals surface area contributed by atoms with E-state index in [0.717, 1.165) is 0 Å². The van der Waals surface area contributed by atoms with Gasteiger partial charge in [-0.05, 0) is 24.4 Å². The Morgan fingerprint density at radius 3 is 3.00 bits per heavy atom. The van der Waals surface area contributed by atoms with E-state index in [0.29, 0.717) is 5.06 Å². The second-order valence-electron chi connectivity index (χ2n) is 1.95. The van der Waals surface area contributed by atoms with Gasteiger partial charge in [-0.2, -0.15) is 0 Å². The summed E-state index contributed by atoms with van der Waals surface area (Å²) in [7, 11) is 0. The van der Waals surface area contributed by atoms with E-state index in [4.69, 9.17) is 16.3 Å². The molecule has 1 rings (SSSR count). The lowest BCUT2D eigenvalue weighted by atomic mass is 10.7. The summed E-state index contributed by atoms with van der Waals surface area (Å²) in [5.41, 5.74) is -0.669. The topological polar surface area (TPSA) is 35.5 Å². The molecule has 0 N–H and O–H groups in total. The Bertz CT molecular complexity index is 245. The Hall–Kier alpha value is -0.740. The van der Waals surface area contributed by atoms with E-state index in [1.165, 1.54) is 18.3 Å². The Morgan fingerprint density at radius 1 is 1.75 bits per heavy atom. The van der Waals surface area contributed by atoms with Gasteiger partial charge in [-0.1, -0.05) is 11.6 Å². The number of rotatable bonds is 2. The van der Waals surface area contributed by atoms with Gasteiger partial charge in [0.05, 0.1) is 0 Å². The first-order chi connectivity index (χ1) is 5.68. The number of ether oxygens (including phenoxy) is 2. The molecule has 0 spiro atoms. The third-order valence-electron chi connectivity index (χ3n) is 0.938. The largest absolute Gasteiger partial charge is 0.516 e. The highest BCUT2D eigenvalue weighted by Crippen LogP contribution is 2.18. The van der Waals surface area contributed by atoms with Gasteiger partial charge in [-0.15, -0.1) is 11.3 Å². The summed E-state index contributed by atoms with van der Waals surface area (Å²) in [4.78, 5) is 10.8. The third kappa shape index (κ3) is 3.11. The second kappa shape index (κ2) is 4.33. The summed E-state index contributed by atoms with van der Waals surface area (Å²) in [6.07, 6.45) is -0.778. The van der Waals surface area contributed by atoms with Crippen LogP contribution in [0.3, 0.4) is 0 Å². The van der Waals surface area contributed by atoms with E-state index in [1.54, 1.807) is 17.5 Å². The summed E-state index contributed by atoms with van der Waals surface area (Å²) >= 11 is 6.71. The molecule has 0 saturated heterocycles. The molecule has 0 bridgehead atoms. The van der Waals surface area contributed by atoms with Crippen molar-refractivity contribution in [1.82, 2.24) is 0 Å². The van der Waals surface area contributed by atoms with E-state index in [1.807, 2.05) is 0 Å². The quantitative estimate of drug-likeness (QED) is 0.552. The van der Waals surface area contributed by atoms with Crippen molar-refractivity contribution in [3.8, 4) is 5.06 Å². The van der Waals surface area contributed by atoms with Gasteiger partial charge < -0.3 is 9.47 Å². The van der Waals surface area contributed by atoms with E-state index >= 15 is 0 Å². The first kappa shape index (κ1) is 9.35. The molecular formula is C7H7ClO3S. The number of carbonyl (C=O) groups is 1. The Labute approximate surface area is 78.9 Å². The number of carbonyl (C=O) groups excluding carboxylic acids is 1. The van der Waals surface area contributed by atoms with E-state index in [9.17, 15) is 4.79 Å². The molecule has 0 radical (unpaired) electrons. The van der Waals surface area contributed by atoms with Gasteiger partial charge in [-0.25, -0.2) is 4.79 Å². The second-order valence-corrected chi connectivity index (χ2v) is 3.47. The van der Waals surface area contributed by atoms with Crippen LogP contribution in [0.4, 0.5) is 4.79 Å². The molecule has 1 aromatic rings. The molecule has 1 heterocycles. The number of hydrogen-bond acceptors (Lipinski definition) is 4. The molecule has 66 valence electrons. The van der Waals surface area contributed by atoms with Crippen LogP contribution in [0.15, 0.2) is 17.5 Å². The molecule has 3 nitrogen and oxygen atoms in total. The monoisotopic (exact) mass is 206 g/mol. The predicted octanol–water partition coefficient (Wildman–Crippen LogP) is 2.85. The minimum Gasteiger partial charge on any atom is -0.415 e. The van der Waals surface area contributed by atoms with Crippen molar-refractivity contribution in [3.05, 3.63) is 17.5 Å². The molecule has 12 heavy (non-hydrogen) atoms. The standard InChI is InChI=1S/C7H7ClO3S/c1-5(8)10-7(9)11-6-3-2-4-12-6/h2-5H,1H3. The fourth-order valence-electron chi connectivity index (χ4n) is 0.560. The van der Waals surface area contributed by atoms with Crippen molar-refractivity contribution in [2.45, 2.75) is 12.5 Å². The van der Waals surface area contributed by atoms with Crippen molar-refractivity contribution < 1.29 is 14.3 Å². The van der Waals surface area contributed by atoms with Gasteiger partial charge in [0.2, 0.25) is 0 Å².